The van der Waals surface area contributed by atoms with Crippen molar-refractivity contribution in [3.63, 3.8) is 0 Å². The number of benzene rings is 2. The summed E-state index contributed by atoms with van der Waals surface area (Å²) < 4.78 is 16.2. The van der Waals surface area contributed by atoms with E-state index in [9.17, 15) is 0 Å². The molecule has 0 aromatic heterocycles. The average molecular weight is 388 g/mol. The van der Waals surface area contributed by atoms with E-state index in [1.807, 2.05) is 0 Å². The first-order chi connectivity index (χ1) is 13.0. The molecular formula is C24H37NO3. The molecule has 0 atom stereocenters. The van der Waals surface area contributed by atoms with Crippen molar-refractivity contribution in [1.82, 2.24) is 0 Å². The molecule has 28 heavy (non-hydrogen) atoms. The van der Waals surface area contributed by atoms with Gasteiger partial charge in [0.25, 0.3) is 0 Å². The number of anilines is 2. The standard InChI is InChI=1S/C23H33NO3.CH4/c1-8-20-9-18(13-25-5)11-22(16(20)2)24(4)23-12-19(14-26-6)10-21(15-27-7)17(23)3;/h9-12H,8,13-15H2,1-7H3;1H4. The van der Waals surface area contributed by atoms with Crippen LogP contribution in [0.5, 0.6) is 0 Å². The molecule has 2 aromatic carbocycles. The van der Waals surface area contributed by atoms with Crippen molar-refractivity contribution in [2.24, 2.45) is 0 Å². The first-order valence-corrected chi connectivity index (χ1v) is 9.42. The van der Waals surface area contributed by atoms with Crippen molar-refractivity contribution in [3.05, 3.63) is 57.6 Å². The van der Waals surface area contributed by atoms with Crippen molar-refractivity contribution in [2.45, 2.75) is 54.4 Å². The van der Waals surface area contributed by atoms with Gasteiger partial charge in [0.2, 0.25) is 0 Å². The second-order valence-corrected chi connectivity index (χ2v) is 7.01. The van der Waals surface area contributed by atoms with E-state index in [1.165, 1.54) is 39.2 Å². The van der Waals surface area contributed by atoms with Crippen molar-refractivity contribution in [2.75, 3.05) is 33.3 Å². The van der Waals surface area contributed by atoms with E-state index in [2.05, 4.69) is 57.0 Å². The summed E-state index contributed by atoms with van der Waals surface area (Å²) in [7, 11) is 7.33. The quantitative estimate of drug-likeness (QED) is 0.551. The van der Waals surface area contributed by atoms with E-state index in [1.54, 1.807) is 21.3 Å². The zero-order chi connectivity index (χ0) is 20.0. The van der Waals surface area contributed by atoms with Crippen LogP contribution >= 0.6 is 0 Å². The van der Waals surface area contributed by atoms with E-state index >= 15 is 0 Å². The lowest BCUT2D eigenvalue weighted by atomic mass is 9.98. The number of aryl methyl sites for hydroxylation is 1. The van der Waals surface area contributed by atoms with Crippen LogP contribution in [0.2, 0.25) is 0 Å². The molecule has 0 saturated carbocycles. The topological polar surface area (TPSA) is 30.9 Å². The summed E-state index contributed by atoms with van der Waals surface area (Å²) in [5, 5.41) is 0. The second kappa shape index (κ2) is 11.2. The third-order valence-corrected chi connectivity index (χ3v) is 5.12. The van der Waals surface area contributed by atoms with E-state index in [-0.39, 0.29) is 7.43 Å². The smallest absolute Gasteiger partial charge is 0.0716 e. The van der Waals surface area contributed by atoms with Crippen LogP contribution in [0.4, 0.5) is 11.4 Å². The molecule has 0 heterocycles. The van der Waals surface area contributed by atoms with Crippen molar-refractivity contribution in [1.29, 1.82) is 0 Å². The minimum absolute atomic E-state index is 0. The van der Waals surface area contributed by atoms with Crippen LogP contribution in [0, 0.1) is 13.8 Å². The van der Waals surface area contributed by atoms with Gasteiger partial charge in [-0.15, -0.1) is 0 Å². The van der Waals surface area contributed by atoms with Crippen LogP contribution in [-0.2, 0) is 40.5 Å². The highest BCUT2D eigenvalue weighted by Gasteiger charge is 2.16. The number of methoxy groups -OCH3 is 3. The lowest BCUT2D eigenvalue weighted by Gasteiger charge is -2.27. The third-order valence-electron chi connectivity index (χ3n) is 5.12. The van der Waals surface area contributed by atoms with Gasteiger partial charge < -0.3 is 19.1 Å². The number of nitrogens with zero attached hydrogens (tertiary/aromatic N) is 1. The number of rotatable bonds is 9. The molecule has 0 spiro atoms. The van der Waals surface area contributed by atoms with Crippen LogP contribution in [-0.4, -0.2) is 28.4 Å². The Morgan fingerprint density at radius 2 is 1.14 bits per heavy atom. The first-order valence-electron chi connectivity index (χ1n) is 9.42. The minimum atomic E-state index is 0. The molecule has 4 heteroatoms. The number of hydrogen-bond acceptors (Lipinski definition) is 4. The van der Waals surface area contributed by atoms with Gasteiger partial charge in [-0.3, -0.25) is 0 Å². The van der Waals surface area contributed by atoms with Crippen molar-refractivity contribution >= 4 is 11.4 Å². The average Bonchev–Trinajstić information content (AvgIpc) is 2.65. The molecule has 0 radical (unpaired) electrons. The molecule has 0 N–H and O–H groups in total. The number of ether oxygens (including phenoxy) is 3. The van der Waals surface area contributed by atoms with Gasteiger partial charge in [-0.2, -0.15) is 0 Å². The molecule has 0 aliphatic rings. The summed E-state index contributed by atoms with van der Waals surface area (Å²) >= 11 is 0. The molecule has 0 amide bonds. The Kier molecular flexibility index (Phi) is 9.66. The lowest BCUT2D eigenvalue weighted by molar-refractivity contribution is 0.179. The monoisotopic (exact) mass is 387 g/mol. The summed E-state index contributed by atoms with van der Waals surface area (Å²) in [6, 6.07) is 8.87. The van der Waals surface area contributed by atoms with E-state index in [0.29, 0.717) is 19.8 Å². The Bertz CT molecular complexity index is 771. The largest absolute Gasteiger partial charge is 0.380 e. The highest BCUT2D eigenvalue weighted by Crippen LogP contribution is 2.34. The fraction of sp³-hybridized carbons (Fsp3) is 0.500. The second-order valence-electron chi connectivity index (χ2n) is 7.01. The first kappa shape index (κ1) is 24.2. The van der Waals surface area contributed by atoms with Gasteiger partial charge in [-0.1, -0.05) is 26.5 Å². The Morgan fingerprint density at radius 1 is 0.714 bits per heavy atom. The molecule has 2 rings (SSSR count). The third kappa shape index (κ3) is 5.34. The molecular weight excluding hydrogens is 350 g/mol. The van der Waals surface area contributed by atoms with Gasteiger partial charge in [0.1, 0.15) is 0 Å². The van der Waals surface area contributed by atoms with Crippen molar-refractivity contribution < 1.29 is 14.2 Å². The van der Waals surface area contributed by atoms with Crippen molar-refractivity contribution in [3.8, 4) is 0 Å². The highest BCUT2D eigenvalue weighted by molar-refractivity contribution is 5.71. The van der Waals surface area contributed by atoms with Crippen LogP contribution in [0.25, 0.3) is 0 Å². The van der Waals surface area contributed by atoms with E-state index in [4.69, 9.17) is 14.2 Å². The maximum atomic E-state index is 5.42. The fourth-order valence-corrected chi connectivity index (χ4v) is 3.64. The summed E-state index contributed by atoms with van der Waals surface area (Å²) in [5.74, 6) is 0. The van der Waals surface area contributed by atoms with Crippen LogP contribution < -0.4 is 4.90 Å². The van der Waals surface area contributed by atoms with E-state index in [0.717, 1.165) is 12.0 Å². The van der Waals surface area contributed by atoms with Gasteiger partial charge in [-0.25, -0.2) is 0 Å². The predicted octanol–water partition coefficient (Wildman–Crippen LogP) is 5.71. The van der Waals surface area contributed by atoms with Gasteiger partial charge in [0.05, 0.1) is 19.8 Å². The Balaban J connectivity index is 0.00000392. The summed E-state index contributed by atoms with van der Waals surface area (Å²) in [5.41, 5.74) is 9.82. The molecule has 0 aliphatic heterocycles. The Morgan fingerprint density at radius 3 is 1.57 bits per heavy atom. The van der Waals surface area contributed by atoms with Gasteiger partial charge >= 0.3 is 0 Å². The summed E-state index contributed by atoms with van der Waals surface area (Å²) in [6.45, 7) is 8.35. The highest BCUT2D eigenvalue weighted by atomic mass is 16.5. The molecule has 0 bridgehead atoms. The summed E-state index contributed by atoms with van der Waals surface area (Å²) in [6.07, 6.45) is 1.00. The molecule has 0 unspecified atom stereocenters. The summed E-state index contributed by atoms with van der Waals surface area (Å²) in [4.78, 5) is 2.28. The molecule has 4 nitrogen and oxygen atoms in total. The van der Waals surface area contributed by atoms with Gasteiger partial charge in [0, 0.05) is 39.8 Å². The maximum Gasteiger partial charge on any atom is 0.0716 e. The SMILES string of the molecule is C.CCc1cc(COC)cc(N(C)c2cc(COC)cc(COC)c2C)c1C. The Labute approximate surface area is 171 Å². The van der Waals surface area contributed by atoms with Gasteiger partial charge in [-0.05, 0) is 65.8 Å². The fourth-order valence-electron chi connectivity index (χ4n) is 3.64. The number of hydrogen-bond donors (Lipinski definition) is 0. The predicted molar refractivity (Wildman–Crippen MR) is 119 cm³/mol. The van der Waals surface area contributed by atoms with Crippen LogP contribution in [0.3, 0.4) is 0 Å². The van der Waals surface area contributed by atoms with Gasteiger partial charge in [0.15, 0.2) is 0 Å². The molecule has 156 valence electrons. The molecule has 0 saturated heterocycles. The van der Waals surface area contributed by atoms with Crippen LogP contribution in [0.1, 0.15) is 47.7 Å². The minimum Gasteiger partial charge on any atom is -0.380 e. The maximum absolute atomic E-state index is 5.42. The normalized spacial score (nSPS) is 10.7. The molecule has 0 aliphatic carbocycles. The zero-order valence-electron chi connectivity index (χ0n) is 17.8. The Hall–Kier alpha value is -1.88. The molecule has 0 fully saturated rings. The van der Waals surface area contributed by atoms with Crippen LogP contribution in [0.15, 0.2) is 24.3 Å². The zero-order valence-corrected chi connectivity index (χ0v) is 17.8. The van der Waals surface area contributed by atoms with E-state index < -0.39 is 0 Å². The lowest BCUT2D eigenvalue weighted by Crippen LogP contribution is -2.15. The molecule has 2 aromatic rings.